The van der Waals surface area contributed by atoms with Crippen molar-refractivity contribution in [1.82, 2.24) is 4.90 Å². The molecule has 0 bridgehead atoms. The lowest BCUT2D eigenvalue weighted by Gasteiger charge is -2.51. The number of hydrogen-bond acceptors (Lipinski definition) is 3. The van der Waals surface area contributed by atoms with E-state index in [1.54, 1.807) is 0 Å². The normalized spacial score (nSPS) is 49.5. The van der Waals surface area contributed by atoms with Gasteiger partial charge in [-0.3, -0.25) is 4.90 Å². The van der Waals surface area contributed by atoms with Crippen LogP contribution in [-0.4, -0.2) is 41.3 Å². The second-order valence-electron chi connectivity index (χ2n) is 7.04. The Morgan fingerprint density at radius 1 is 1.17 bits per heavy atom. The van der Waals surface area contributed by atoms with Crippen LogP contribution in [0.4, 0.5) is 0 Å². The van der Waals surface area contributed by atoms with E-state index in [0.717, 1.165) is 31.7 Å². The highest BCUT2D eigenvalue weighted by Gasteiger charge is 2.59. The fourth-order valence-electron chi connectivity index (χ4n) is 4.86. The van der Waals surface area contributed by atoms with Crippen molar-refractivity contribution in [2.75, 3.05) is 19.6 Å². The Balaban J connectivity index is 1.86. The minimum absolute atomic E-state index is 0.00324. The van der Waals surface area contributed by atoms with Gasteiger partial charge in [-0.15, -0.1) is 0 Å². The molecule has 2 aliphatic heterocycles. The van der Waals surface area contributed by atoms with Crippen LogP contribution in [0.15, 0.2) is 0 Å². The summed E-state index contributed by atoms with van der Waals surface area (Å²) in [6.45, 7) is 5.27. The molecule has 3 rings (SSSR count). The molecule has 2 heterocycles. The van der Waals surface area contributed by atoms with Crippen LogP contribution in [0.1, 0.15) is 51.9 Å². The number of rotatable bonds is 2. The minimum Gasteiger partial charge on any atom is -0.388 e. The van der Waals surface area contributed by atoms with Crippen molar-refractivity contribution >= 4 is 0 Å². The Morgan fingerprint density at radius 3 is 2.56 bits per heavy atom. The molecule has 104 valence electrons. The van der Waals surface area contributed by atoms with Crippen molar-refractivity contribution < 1.29 is 5.11 Å². The molecule has 1 aliphatic carbocycles. The monoisotopic (exact) mass is 252 g/mol. The second kappa shape index (κ2) is 4.46. The first-order valence-electron chi connectivity index (χ1n) is 7.78. The quantitative estimate of drug-likeness (QED) is 0.787. The average molecular weight is 252 g/mol. The number of nitrogens with two attached hydrogens (primary N) is 1. The zero-order valence-corrected chi connectivity index (χ0v) is 11.7. The molecule has 0 radical (unpaired) electrons. The molecule has 3 heteroatoms. The van der Waals surface area contributed by atoms with E-state index in [1.165, 1.54) is 32.2 Å². The molecular formula is C15H28N2O. The Bertz CT molecular complexity index is 312. The lowest BCUT2D eigenvalue weighted by molar-refractivity contribution is -0.118. The minimum atomic E-state index is -0.502. The van der Waals surface area contributed by atoms with E-state index in [-0.39, 0.29) is 5.41 Å². The van der Waals surface area contributed by atoms with Crippen LogP contribution < -0.4 is 5.73 Å². The Labute approximate surface area is 111 Å². The molecule has 3 N–H and O–H groups in total. The maximum absolute atomic E-state index is 11.4. The summed E-state index contributed by atoms with van der Waals surface area (Å²) < 4.78 is 0. The summed E-state index contributed by atoms with van der Waals surface area (Å²) in [5, 5.41) is 11.4. The standard InChI is InChI=1S/C15H28N2O/c1-12-4-6-14(11-16,7-5-12)15(18)8-10-17-9-2-3-13(15)17/h12-13,18H,2-11,16H2,1H3. The largest absolute Gasteiger partial charge is 0.388 e. The molecule has 2 unspecified atom stereocenters. The second-order valence-corrected chi connectivity index (χ2v) is 7.04. The van der Waals surface area contributed by atoms with Crippen LogP contribution in [0.2, 0.25) is 0 Å². The summed E-state index contributed by atoms with van der Waals surface area (Å²) in [6.07, 6.45) is 8.12. The van der Waals surface area contributed by atoms with Crippen molar-refractivity contribution in [2.24, 2.45) is 17.1 Å². The van der Waals surface area contributed by atoms with Crippen LogP contribution in [0.25, 0.3) is 0 Å². The van der Waals surface area contributed by atoms with Crippen molar-refractivity contribution in [3.8, 4) is 0 Å². The van der Waals surface area contributed by atoms with Crippen molar-refractivity contribution in [3.63, 3.8) is 0 Å². The molecule has 0 spiro atoms. The summed E-state index contributed by atoms with van der Waals surface area (Å²) in [5.74, 6) is 0.814. The van der Waals surface area contributed by atoms with Gasteiger partial charge in [0.15, 0.2) is 0 Å². The third-order valence-electron chi connectivity index (χ3n) is 6.24. The third kappa shape index (κ3) is 1.67. The molecule has 0 aromatic heterocycles. The topological polar surface area (TPSA) is 49.5 Å². The van der Waals surface area contributed by atoms with Gasteiger partial charge < -0.3 is 10.8 Å². The Morgan fingerprint density at radius 2 is 1.89 bits per heavy atom. The maximum Gasteiger partial charge on any atom is 0.0882 e. The number of nitrogens with zero attached hydrogens (tertiary/aromatic N) is 1. The van der Waals surface area contributed by atoms with E-state index in [1.807, 2.05) is 0 Å². The predicted molar refractivity (Wildman–Crippen MR) is 73.3 cm³/mol. The molecule has 0 aromatic rings. The lowest BCUT2D eigenvalue weighted by atomic mass is 9.59. The fourth-order valence-corrected chi connectivity index (χ4v) is 4.86. The number of hydrogen-bond donors (Lipinski definition) is 2. The van der Waals surface area contributed by atoms with E-state index < -0.39 is 5.60 Å². The van der Waals surface area contributed by atoms with Crippen LogP contribution in [-0.2, 0) is 0 Å². The summed E-state index contributed by atoms with van der Waals surface area (Å²) in [7, 11) is 0. The Kier molecular flexibility index (Phi) is 3.20. The zero-order chi connectivity index (χ0) is 12.8. The molecule has 1 saturated carbocycles. The van der Waals surface area contributed by atoms with Gasteiger partial charge in [0, 0.05) is 24.5 Å². The summed E-state index contributed by atoms with van der Waals surface area (Å²) in [5.41, 5.74) is 5.65. The van der Waals surface area contributed by atoms with Crippen LogP contribution in [0, 0.1) is 11.3 Å². The van der Waals surface area contributed by atoms with Crippen LogP contribution >= 0.6 is 0 Å². The van der Waals surface area contributed by atoms with E-state index in [0.29, 0.717) is 12.6 Å². The average Bonchev–Trinajstić information content (AvgIpc) is 2.96. The molecule has 2 atom stereocenters. The van der Waals surface area contributed by atoms with Gasteiger partial charge in [0.1, 0.15) is 0 Å². The predicted octanol–water partition coefficient (Wildman–Crippen LogP) is 1.74. The van der Waals surface area contributed by atoms with Gasteiger partial charge in [-0.25, -0.2) is 0 Å². The molecule has 3 aliphatic rings. The number of fused-ring (bicyclic) bond motifs is 1. The maximum atomic E-state index is 11.4. The first-order chi connectivity index (χ1) is 8.61. The van der Waals surface area contributed by atoms with Gasteiger partial charge >= 0.3 is 0 Å². The zero-order valence-electron chi connectivity index (χ0n) is 11.7. The summed E-state index contributed by atoms with van der Waals surface area (Å²) in [6, 6.07) is 0.398. The molecule has 3 fully saturated rings. The first-order valence-corrected chi connectivity index (χ1v) is 7.78. The summed E-state index contributed by atoms with van der Waals surface area (Å²) in [4.78, 5) is 2.51. The fraction of sp³-hybridized carbons (Fsp3) is 1.00. The van der Waals surface area contributed by atoms with Crippen LogP contribution in [0.5, 0.6) is 0 Å². The SMILES string of the molecule is CC1CCC(CN)(C2(O)CCN3CCCC32)CC1. The van der Waals surface area contributed by atoms with E-state index in [2.05, 4.69) is 11.8 Å². The summed E-state index contributed by atoms with van der Waals surface area (Å²) >= 11 is 0. The van der Waals surface area contributed by atoms with Gasteiger partial charge in [0.2, 0.25) is 0 Å². The molecular weight excluding hydrogens is 224 g/mol. The third-order valence-corrected chi connectivity index (χ3v) is 6.24. The van der Waals surface area contributed by atoms with E-state index in [9.17, 15) is 5.11 Å². The first kappa shape index (κ1) is 12.9. The smallest absolute Gasteiger partial charge is 0.0882 e. The van der Waals surface area contributed by atoms with Crippen molar-refractivity contribution in [1.29, 1.82) is 0 Å². The molecule has 3 nitrogen and oxygen atoms in total. The lowest BCUT2D eigenvalue weighted by Crippen LogP contribution is -2.59. The van der Waals surface area contributed by atoms with Gasteiger partial charge in [-0.05, 0) is 44.6 Å². The van der Waals surface area contributed by atoms with Gasteiger partial charge in [-0.1, -0.05) is 19.8 Å². The number of aliphatic hydroxyl groups is 1. The molecule has 18 heavy (non-hydrogen) atoms. The van der Waals surface area contributed by atoms with Gasteiger partial charge in [0.25, 0.3) is 0 Å². The Hall–Kier alpha value is -0.120. The van der Waals surface area contributed by atoms with Gasteiger partial charge in [-0.2, -0.15) is 0 Å². The van der Waals surface area contributed by atoms with E-state index >= 15 is 0 Å². The highest BCUT2D eigenvalue weighted by Crippen LogP contribution is 2.53. The van der Waals surface area contributed by atoms with Gasteiger partial charge in [0.05, 0.1) is 5.60 Å². The van der Waals surface area contributed by atoms with Crippen molar-refractivity contribution in [3.05, 3.63) is 0 Å². The highest BCUT2D eigenvalue weighted by atomic mass is 16.3. The molecule has 0 amide bonds. The molecule has 2 saturated heterocycles. The van der Waals surface area contributed by atoms with E-state index in [4.69, 9.17) is 5.73 Å². The highest BCUT2D eigenvalue weighted by molar-refractivity contribution is 5.13. The van der Waals surface area contributed by atoms with Crippen LogP contribution in [0.3, 0.4) is 0 Å². The van der Waals surface area contributed by atoms with Crippen molar-refractivity contribution in [2.45, 2.75) is 63.5 Å². The molecule has 0 aromatic carbocycles.